The Morgan fingerprint density at radius 1 is 1.20 bits per heavy atom. The Bertz CT molecular complexity index is 975. The van der Waals surface area contributed by atoms with E-state index in [0.29, 0.717) is 23.0 Å². The third kappa shape index (κ3) is 3.74. The molecular weight excluding hydrogens is 338 g/mol. The number of nitrogens with one attached hydrogen (secondary N) is 2. The van der Waals surface area contributed by atoms with Crippen molar-refractivity contribution in [2.24, 2.45) is 0 Å². The van der Waals surface area contributed by atoms with E-state index in [1.807, 2.05) is 38.1 Å². The fraction of sp³-hybridized carbons (Fsp3) is 0.294. The molecule has 1 aromatic carbocycles. The molecule has 0 bridgehead atoms. The number of thioether (sulfide) groups is 1. The minimum absolute atomic E-state index is 0.0823. The van der Waals surface area contributed by atoms with Crippen molar-refractivity contribution in [3.8, 4) is 0 Å². The molecule has 2 N–H and O–H groups in total. The van der Waals surface area contributed by atoms with E-state index in [9.17, 15) is 9.59 Å². The van der Waals surface area contributed by atoms with Crippen molar-refractivity contribution in [3.05, 3.63) is 57.0 Å². The second-order valence-corrected chi connectivity index (χ2v) is 6.80. The van der Waals surface area contributed by atoms with E-state index in [-0.39, 0.29) is 17.2 Å². The molecule has 0 aliphatic heterocycles. The van der Waals surface area contributed by atoms with Crippen LogP contribution in [0, 0.1) is 20.8 Å². The average molecular weight is 357 g/mol. The lowest BCUT2D eigenvalue weighted by atomic mass is 10.1. The zero-order valence-corrected chi connectivity index (χ0v) is 15.1. The third-order valence-corrected chi connectivity index (χ3v) is 4.95. The highest BCUT2D eigenvalue weighted by Crippen LogP contribution is 2.18. The SMILES string of the molecule is Cc1ccc(CNC(=O)CSc2nnc3[nH]c(=O)c(C)c(C)n23)cc1. The Kier molecular flexibility index (Phi) is 4.89. The van der Waals surface area contributed by atoms with Crippen LogP contribution in [0.1, 0.15) is 22.4 Å². The quantitative estimate of drug-likeness (QED) is 0.679. The van der Waals surface area contributed by atoms with Gasteiger partial charge in [0.25, 0.3) is 5.56 Å². The highest BCUT2D eigenvalue weighted by molar-refractivity contribution is 7.99. The molecule has 0 unspecified atom stereocenters. The van der Waals surface area contributed by atoms with Crippen molar-refractivity contribution in [1.29, 1.82) is 0 Å². The van der Waals surface area contributed by atoms with Crippen molar-refractivity contribution < 1.29 is 4.79 Å². The van der Waals surface area contributed by atoms with Gasteiger partial charge in [-0.15, -0.1) is 10.2 Å². The molecule has 0 radical (unpaired) electrons. The summed E-state index contributed by atoms with van der Waals surface area (Å²) in [7, 11) is 0. The molecule has 130 valence electrons. The van der Waals surface area contributed by atoms with E-state index in [0.717, 1.165) is 11.3 Å². The van der Waals surface area contributed by atoms with Gasteiger partial charge in [-0.1, -0.05) is 41.6 Å². The van der Waals surface area contributed by atoms with Gasteiger partial charge < -0.3 is 5.32 Å². The average Bonchev–Trinajstić information content (AvgIpc) is 3.00. The van der Waals surface area contributed by atoms with Crippen LogP contribution >= 0.6 is 11.8 Å². The fourth-order valence-electron chi connectivity index (χ4n) is 2.36. The number of rotatable bonds is 5. The molecule has 1 amide bonds. The van der Waals surface area contributed by atoms with Crippen LogP contribution in [0.5, 0.6) is 0 Å². The first-order chi connectivity index (χ1) is 12.0. The van der Waals surface area contributed by atoms with Crippen LogP contribution in [0.15, 0.2) is 34.2 Å². The van der Waals surface area contributed by atoms with Crippen molar-refractivity contribution in [3.63, 3.8) is 0 Å². The van der Waals surface area contributed by atoms with Gasteiger partial charge in [0.1, 0.15) is 0 Å². The van der Waals surface area contributed by atoms with Crippen LogP contribution in [0.25, 0.3) is 5.78 Å². The molecule has 25 heavy (non-hydrogen) atoms. The van der Waals surface area contributed by atoms with E-state index in [1.165, 1.54) is 17.3 Å². The van der Waals surface area contributed by atoms with Crippen LogP contribution < -0.4 is 10.9 Å². The van der Waals surface area contributed by atoms with Crippen molar-refractivity contribution in [2.45, 2.75) is 32.5 Å². The lowest BCUT2D eigenvalue weighted by Gasteiger charge is -2.07. The first-order valence-electron chi connectivity index (χ1n) is 7.85. The van der Waals surface area contributed by atoms with Crippen LogP contribution in [-0.2, 0) is 11.3 Å². The number of hydrogen-bond donors (Lipinski definition) is 2. The minimum Gasteiger partial charge on any atom is -0.351 e. The number of fused-ring (bicyclic) bond motifs is 1. The molecule has 2 heterocycles. The Morgan fingerprint density at radius 3 is 2.64 bits per heavy atom. The maximum Gasteiger partial charge on any atom is 0.255 e. The molecule has 3 aromatic rings. The Balaban J connectivity index is 1.64. The molecule has 8 heteroatoms. The van der Waals surface area contributed by atoms with Gasteiger partial charge in [-0.3, -0.25) is 19.0 Å². The molecule has 0 saturated carbocycles. The molecule has 0 aliphatic carbocycles. The summed E-state index contributed by atoms with van der Waals surface area (Å²) in [6.07, 6.45) is 0. The number of carbonyl (C=O) groups excluding carboxylic acids is 1. The van der Waals surface area contributed by atoms with Crippen molar-refractivity contribution in [2.75, 3.05) is 5.75 Å². The van der Waals surface area contributed by atoms with Crippen molar-refractivity contribution >= 4 is 23.4 Å². The topological polar surface area (TPSA) is 92.2 Å². The first-order valence-corrected chi connectivity index (χ1v) is 8.84. The highest BCUT2D eigenvalue weighted by Gasteiger charge is 2.14. The number of hydrogen-bond acceptors (Lipinski definition) is 5. The number of nitrogens with zero attached hydrogens (tertiary/aromatic N) is 3. The van der Waals surface area contributed by atoms with Gasteiger partial charge in [0.2, 0.25) is 11.7 Å². The van der Waals surface area contributed by atoms with Crippen LogP contribution in [0.4, 0.5) is 0 Å². The number of aryl methyl sites for hydroxylation is 2. The van der Waals surface area contributed by atoms with Crippen LogP contribution in [-0.4, -0.2) is 31.2 Å². The maximum absolute atomic E-state index is 12.1. The van der Waals surface area contributed by atoms with Gasteiger partial charge in [0, 0.05) is 17.8 Å². The number of carbonyl (C=O) groups is 1. The Labute approximate surface area is 148 Å². The number of H-pyrrole nitrogens is 1. The highest BCUT2D eigenvalue weighted by atomic mass is 32.2. The van der Waals surface area contributed by atoms with Gasteiger partial charge >= 0.3 is 0 Å². The van der Waals surface area contributed by atoms with Crippen LogP contribution in [0.3, 0.4) is 0 Å². The van der Waals surface area contributed by atoms with Gasteiger partial charge in [-0.2, -0.15) is 0 Å². The number of aromatic amines is 1. The van der Waals surface area contributed by atoms with E-state index in [1.54, 1.807) is 11.3 Å². The fourth-order valence-corrected chi connectivity index (χ4v) is 3.18. The number of benzene rings is 1. The predicted molar refractivity (Wildman–Crippen MR) is 96.8 cm³/mol. The summed E-state index contributed by atoms with van der Waals surface area (Å²) >= 11 is 1.29. The van der Waals surface area contributed by atoms with Gasteiger partial charge in [0.05, 0.1) is 5.75 Å². The molecule has 0 aliphatic rings. The lowest BCUT2D eigenvalue weighted by molar-refractivity contribution is -0.118. The first kappa shape index (κ1) is 17.2. The molecule has 0 fully saturated rings. The Hall–Kier alpha value is -2.61. The standard InChI is InChI=1S/C17H19N5O2S/c1-10-4-6-13(7-5-10)8-18-14(23)9-25-17-21-20-16-19-15(24)11(2)12(3)22(16)17/h4-7H,8-9H2,1-3H3,(H,18,23)(H,19,20,24). The molecule has 0 saturated heterocycles. The molecular formula is C17H19N5O2S. The third-order valence-electron chi connectivity index (χ3n) is 4.02. The number of amides is 1. The predicted octanol–water partition coefficient (Wildman–Crippen LogP) is 1.75. The molecule has 3 rings (SSSR count). The second kappa shape index (κ2) is 7.10. The number of aromatic nitrogens is 4. The second-order valence-electron chi connectivity index (χ2n) is 5.86. The Morgan fingerprint density at radius 2 is 1.92 bits per heavy atom. The summed E-state index contributed by atoms with van der Waals surface area (Å²) in [6, 6.07) is 8.03. The largest absolute Gasteiger partial charge is 0.351 e. The summed E-state index contributed by atoms with van der Waals surface area (Å²) in [5.74, 6) is 0.529. The summed E-state index contributed by atoms with van der Waals surface area (Å²) in [5, 5.41) is 11.5. The van der Waals surface area contributed by atoms with E-state index < -0.39 is 0 Å². The lowest BCUT2D eigenvalue weighted by Crippen LogP contribution is -2.24. The zero-order chi connectivity index (χ0) is 18.0. The van der Waals surface area contributed by atoms with Crippen molar-refractivity contribution in [1.82, 2.24) is 24.9 Å². The smallest absolute Gasteiger partial charge is 0.255 e. The van der Waals surface area contributed by atoms with Gasteiger partial charge in [-0.25, -0.2) is 0 Å². The maximum atomic E-state index is 12.1. The van der Waals surface area contributed by atoms with Gasteiger partial charge in [0.15, 0.2) is 5.16 Å². The molecule has 0 atom stereocenters. The van der Waals surface area contributed by atoms with Gasteiger partial charge in [-0.05, 0) is 26.3 Å². The minimum atomic E-state index is -0.176. The monoisotopic (exact) mass is 357 g/mol. The molecule has 2 aromatic heterocycles. The summed E-state index contributed by atoms with van der Waals surface area (Å²) < 4.78 is 1.76. The van der Waals surface area contributed by atoms with E-state index in [4.69, 9.17) is 0 Å². The summed E-state index contributed by atoms with van der Waals surface area (Å²) in [4.78, 5) is 26.5. The van der Waals surface area contributed by atoms with E-state index in [2.05, 4.69) is 20.5 Å². The summed E-state index contributed by atoms with van der Waals surface area (Å²) in [6.45, 7) is 6.10. The normalized spacial score (nSPS) is 11.0. The zero-order valence-electron chi connectivity index (χ0n) is 14.3. The molecule has 7 nitrogen and oxygen atoms in total. The van der Waals surface area contributed by atoms with E-state index >= 15 is 0 Å². The van der Waals surface area contributed by atoms with Crippen LogP contribution in [0.2, 0.25) is 0 Å². The summed E-state index contributed by atoms with van der Waals surface area (Å²) in [5.41, 5.74) is 3.45. The molecule has 0 spiro atoms.